The molecule has 0 unspecified atom stereocenters. The highest BCUT2D eigenvalue weighted by Gasteiger charge is 2.32. The summed E-state index contributed by atoms with van der Waals surface area (Å²) in [5, 5.41) is 12.1. The molecule has 0 aromatic rings. The van der Waals surface area contributed by atoms with Crippen molar-refractivity contribution in [3.05, 3.63) is 0 Å². The third kappa shape index (κ3) is 4.27. The highest BCUT2D eigenvalue weighted by molar-refractivity contribution is 5.75. The van der Waals surface area contributed by atoms with Gasteiger partial charge in [0.15, 0.2) is 0 Å². The van der Waals surface area contributed by atoms with E-state index in [1.54, 1.807) is 6.92 Å². The molecule has 2 N–H and O–H groups in total. The standard InChI is InChI=1S/C12H21NO5/c1-3-11(15)13-9-5-4-8(6-12(16)17-2)18-10(9)7-14/h8-10,14H,3-7H2,1-2H3,(H,13,15)/t8-,9+,10-/m1/s1. The molecule has 1 saturated heterocycles. The molecule has 1 fully saturated rings. The number of hydrogen-bond donors (Lipinski definition) is 2. The molecule has 18 heavy (non-hydrogen) atoms. The van der Waals surface area contributed by atoms with E-state index < -0.39 is 6.10 Å². The molecule has 0 spiro atoms. The number of esters is 1. The van der Waals surface area contributed by atoms with Crippen LogP contribution in [0.4, 0.5) is 0 Å². The van der Waals surface area contributed by atoms with Crippen LogP contribution in [0.3, 0.4) is 0 Å². The highest BCUT2D eigenvalue weighted by Crippen LogP contribution is 2.22. The summed E-state index contributed by atoms with van der Waals surface area (Å²) >= 11 is 0. The van der Waals surface area contributed by atoms with E-state index in [9.17, 15) is 14.7 Å². The topological polar surface area (TPSA) is 84.9 Å². The number of amides is 1. The zero-order valence-corrected chi connectivity index (χ0v) is 10.8. The van der Waals surface area contributed by atoms with Crippen molar-refractivity contribution in [1.82, 2.24) is 5.32 Å². The van der Waals surface area contributed by atoms with E-state index in [0.717, 1.165) is 0 Å². The Morgan fingerprint density at radius 1 is 1.44 bits per heavy atom. The number of carbonyl (C=O) groups is 2. The quantitative estimate of drug-likeness (QED) is 0.678. The molecule has 6 nitrogen and oxygen atoms in total. The van der Waals surface area contributed by atoms with Crippen molar-refractivity contribution in [1.29, 1.82) is 0 Å². The number of aliphatic hydroxyl groups excluding tert-OH is 1. The van der Waals surface area contributed by atoms with Crippen LogP contribution in [0.15, 0.2) is 0 Å². The van der Waals surface area contributed by atoms with Gasteiger partial charge in [0.2, 0.25) is 5.91 Å². The van der Waals surface area contributed by atoms with Crippen LogP contribution in [0.2, 0.25) is 0 Å². The molecular weight excluding hydrogens is 238 g/mol. The first-order valence-electron chi connectivity index (χ1n) is 6.23. The summed E-state index contributed by atoms with van der Waals surface area (Å²) in [7, 11) is 1.33. The molecule has 1 aliphatic rings. The van der Waals surface area contributed by atoms with Crippen LogP contribution in [-0.2, 0) is 19.1 Å². The van der Waals surface area contributed by atoms with Gasteiger partial charge in [-0.15, -0.1) is 0 Å². The van der Waals surface area contributed by atoms with Gasteiger partial charge in [-0.1, -0.05) is 6.92 Å². The molecule has 0 saturated carbocycles. The van der Waals surface area contributed by atoms with Crippen LogP contribution in [0.5, 0.6) is 0 Å². The summed E-state index contributed by atoms with van der Waals surface area (Å²) < 4.78 is 10.2. The van der Waals surface area contributed by atoms with Gasteiger partial charge in [0.25, 0.3) is 0 Å². The summed E-state index contributed by atoms with van der Waals surface area (Å²) in [6.07, 6.45) is 1.24. The van der Waals surface area contributed by atoms with Crippen molar-refractivity contribution < 1.29 is 24.2 Å². The number of ether oxygens (including phenoxy) is 2. The first kappa shape index (κ1) is 14.9. The molecular formula is C12H21NO5. The minimum Gasteiger partial charge on any atom is -0.469 e. The Bertz CT molecular complexity index is 294. The van der Waals surface area contributed by atoms with Gasteiger partial charge >= 0.3 is 5.97 Å². The second-order valence-corrected chi connectivity index (χ2v) is 4.36. The Morgan fingerprint density at radius 2 is 2.17 bits per heavy atom. The van der Waals surface area contributed by atoms with Gasteiger partial charge in [-0.3, -0.25) is 9.59 Å². The number of nitrogens with one attached hydrogen (secondary N) is 1. The van der Waals surface area contributed by atoms with Crippen LogP contribution in [0, 0.1) is 0 Å². The van der Waals surface area contributed by atoms with Crippen molar-refractivity contribution in [2.45, 2.75) is 50.9 Å². The monoisotopic (exact) mass is 259 g/mol. The molecule has 1 heterocycles. The van der Waals surface area contributed by atoms with E-state index in [-0.39, 0.29) is 37.0 Å². The molecule has 104 valence electrons. The van der Waals surface area contributed by atoms with E-state index in [0.29, 0.717) is 19.3 Å². The molecule has 1 aliphatic heterocycles. The molecule has 1 rings (SSSR count). The zero-order chi connectivity index (χ0) is 13.5. The Morgan fingerprint density at radius 3 is 2.72 bits per heavy atom. The van der Waals surface area contributed by atoms with Gasteiger partial charge in [-0.25, -0.2) is 0 Å². The van der Waals surface area contributed by atoms with Crippen LogP contribution >= 0.6 is 0 Å². The van der Waals surface area contributed by atoms with Crippen LogP contribution in [0.1, 0.15) is 32.6 Å². The van der Waals surface area contributed by atoms with Gasteiger partial charge in [-0.05, 0) is 12.8 Å². The van der Waals surface area contributed by atoms with Gasteiger partial charge in [0.1, 0.15) is 6.10 Å². The molecule has 0 bridgehead atoms. The minimum absolute atomic E-state index is 0.0616. The van der Waals surface area contributed by atoms with Crippen molar-refractivity contribution in [2.75, 3.05) is 13.7 Å². The maximum absolute atomic E-state index is 11.3. The molecule has 0 aliphatic carbocycles. The highest BCUT2D eigenvalue weighted by atomic mass is 16.5. The number of carbonyl (C=O) groups excluding carboxylic acids is 2. The van der Waals surface area contributed by atoms with Crippen LogP contribution < -0.4 is 5.32 Å². The second-order valence-electron chi connectivity index (χ2n) is 4.36. The smallest absolute Gasteiger partial charge is 0.308 e. The molecule has 1 amide bonds. The predicted octanol–water partition coefficient (Wildman–Crippen LogP) is -0.0158. The average molecular weight is 259 g/mol. The Balaban J connectivity index is 2.48. The summed E-state index contributed by atoms with van der Waals surface area (Å²) in [6, 6.07) is -0.184. The van der Waals surface area contributed by atoms with E-state index in [1.807, 2.05) is 0 Å². The van der Waals surface area contributed by atoms with Crippen molar-refractivity contribution in [3.63, 3.8) is 0 Å². The fourth-order valence-electron chi connectivity index (χ4n) is 2.03. The number of aliphatic hydroxyl groups is 1. The minimum atomic E-state index is -0.455. The summed E-state index contributed by atoms with van der Waals surface area (Å²) in [5.74, 6) is -0.388. The van der Waals surface area contributed by atoms with Crippen LogP contribution in [-0.4, -0.2) is 48.9 Å². The number of rotatable bonds is 5. The molecule has 0 aromatic carbocycles. The first-order chi connectivity index (χ1) is 8.60. The van der Waals surface area contributed by atoms with Crippen molar-refractivity contribution in [3.8, 4) is 0 Å². The fraction of sp³-hybridized carbons (Fsp3) is 0.833. The number of hydrogen-bond acceptors (Lipinski definition) is 5. The van der Waals surface area contributed by atoms with E-state index >= 15 is 0 Å². The third-order valence-electron chi connectivity index (χ3n) is 3.09. The fourth-order valence-corrected chi connectivity index (χ4v) is 2.03. The maximum atomic E-state index is 11.3. The van der Waals surface area contributed by atoms with Crippen LogP contribution in [0.25, 0.3) is 0 Å². The Kier molecular flexibility index (Phi) is 6.07. The summed E-state index contributed by atoms with van der Waals surface area (Å²) in [5.41, 5.74) is 0. The largest absolute Gasteiger partial charge is 0.469 e. The lowest BCUT2D eigenvalue weighted by Gasteiger charge is -2.35. The van der Waals surface area contributed by atoms with Gasteiger partial charge in [0, 0.05) is 6.42 Å². The number of methoxy groups -OCH3 is 1. The van der Waals surface area contributed by atoms with E-state index in [1.165, 1.54) is 7.11 Å². The first-order valence-corrected chi connectivity index (χ1v) is 6.23. The SMILES string of the molecule is CCC(=O)N[C@H]1CC[C@H](CC(=O)OC)O[C@@H]1CO. The van der Waals surface area contributed by atoms with Gasteiger partial charge < -0.3 is 19.9 Å². The average Bonchev–Trinajstić information content (AvgIpc) is 2.39. The molecule has 0 aromatic heterocycles. The van der Waals surface area contributed by atoms with Crippen molar-refractivity contribution >= 4 is 11.9 Å². The molecule has 3 atom stereocenters. The Labute approximate surface area is 107 Å². The molecule has 6 heteroatoms. The zero-order valence-electron chi connectivity index (χ0n) is 10.8. The van der Waals surface area contributed by atoms with E-state index in [2.05, 4.69) is 10.1 Å². The maximum Gasteiger partial charge on any atom is 0.308 e. The predicted molar refractivity (Wildman–Crippen MR) is 63.8 cm³/mol. The lowest BCUT2D eigenvalue weighted by molar-refractivity contribution is -0.150. The van der Waals surface area contributed by atoms with E-state index in [4.69, 9.17) is 4.74 Å². The third-order valence-corrected chi connectivity index (χ3v) is 3.09. The van der Waals surface area contributed by atoms with Crippen molar-refractivity contribution in [2.24, 2.45) is 0 Å². The summed E-state index contributed by atoms with van der Waals surface area (Å²) in [6.45, 7) is 1.60. The second kappa shape index (κ2) is 7.33. The normalized spacial score (nSPS) is 27.6. The van der Waals surface area contributed by atoms with Gasteiger partial charge in [0.05, 0.1) is 32.3 Å². The lowest BCUT2D eigenvalue weighted by Crippen LogP contribution is -2.51. The Hall–Kier alpha value is -1.14. The summed E-state index contributed by atoms with van der Waals surface area (Å²) in [4.78, 5) is 22.5. The molecule has 0 radical (unpaired) electrons. The lowest BCUT2D eigenvalue weighted by atomic mass is 9.97. The van der Waals surface area contributed by atoms with Gasteiger partial charge in [-0.2, -0.15) is 0 Å².